The number of ether oxygens (including phenoxy) is 1. The maximum absolute atomic E-state index is 13.8. The largest absolute Gasteiger partial charge is 0.490 e. The van der Waals surface area contributed by atoms with Crippen LogP contribution in [-0.2, 0) is 16.3 Å². The molecule has 4 nitrogen and oxygen atoms in total. The smallest absolute Gasteiger partial charge is 0.165 e. The zero-order valence-electron chi connectivity index (χ0n) is 11.9. The number of halogens is 1. The van der Waals surface area contributed by atoms with Gasteiger partial charge in [-0.3, -0.25) is 0 Å². The molecule has 1 aromatic carbocycles. The van der Waals surface area contributed by atoms with Crippen LogP contribution in [0.15, 0.2) is 18.2 Å². The quantitative estimate of drug-likeness (QED) is 0.745. The van der Waals surface area contributed by atoms with Crippen LogP contribution in [0.1, 0.15) is 25.3 Å². The van der Waals surface area contributed by atoms with Crippen LogP contribution >= 0.6 is 0 Å². The zero-order valence-corrected chi connectivity index (χ0v) is 12.7. The summed E-state index contributed by atoms with van der Waals surface area (Å²) in [5.74, 6) is -0.254. The molecule has 0 amide bonds. The summed E-state index contributed by atoms with van der Waals surface area (Å²) >= 11 is 0. The highest BCUT2D eigenvalue weighted by molar-refractivity contribution is 7.90. The van der Waals surface area contributed by atoms with Crippen LogP contribution in [0.5, 0.6) is 5.75 Å². The first-order valence-electron chi connectivity index (χ1n) is 6.66. The summed E-state index contributed by atoms with van der Waals surface area (Å²) in [5, 5.41) is 0. The van der Waals surface area contributed by atoms with E-state index in [0.29, 0.717) is 12.8 Å². The van der Waals surface area contributed by atoms with Crippen molar-refractivity contribution in [3.8, 4) is 5.75 Å². The third-order valence-electron chi connectivity index (χ3n) is 2.94. The monoisotopic (exact) mass is 303 g/mol. The molecule has 1 atom stereocenters. The lowest BCUT2D eigenvalue weighted by atomic mass is 10.0. The van der Waals surface area contributed by atoms with Crippen LogP contribution in [0.3, 0.4) is 0 Å². The second kappa shape index (κ2) is 7.59. The van der Waals surface area contributed by atoms with Gasteiger partial charge in [-0.2, -0.15) is 0 Å². The number of hydrogen-bond donors (Lipinski definition) is 1. The van der Waals surface area contributed by atoms with Gasteiger partial charge >= 0.3 is 0 Å². The number of hydrogen-bond acceptors (Lipinski definition) is 4. The van der Waals surface area contributed by atoms with Gasteiger partial charge in [-0.1, -0.05) is 13.0 Å². The summed E-state index contributed by atoms with van der Waals surface area (Å²) in [5.41, 5.74) is 6.66. The number of sulfone groups is 1. The Morgan fingerprint density at radius 2 is 2.10 bits per heavy atom. The molecule has 0 heterocycles. The minimum absolute atomic E-state index is 0.0240. The van der Waals surface area contributed by atoms with Gasteiger partial charge in [0.15, 0.2) is 11.6 Å². The summed E-state index contributed by atoms with van der Waals surface area (Å²) in [7, 11) is -3.00. The van der Waals surface area contributed by atoms with Gasteiger partial charge in [0.2, 0.25) is 0 Å². The number of nitrogens with two attached hydrogens (primary N) is 1. The Kier molecular flexibility index (Phi) is 6.42. The van der Waals surface area contributed by atoms with Crippen LogP contribution in [-0.4, -0.2) is 33.1 Å². The van der Waals surface area contributed by atoms with Crippen molar-refractivity contribution in [3.05, 3.63) is 29.6 Å². The first-order valence-corrected chi connectivity index (χ1v) is 8.72. The van der Waals surface area contributed by atoms with Gasteiger partial charge in [0, 0.05) is 12.3 Å². The highest BCUT2D eigenvalue weighted by atomic mass is 32.2. The van der Waals surface area contributed by atoms with Crippen molar-refractivity contribution in [1.82, 2.24) is 0 Å². The summed E-state index contributed by atoms with van der Waals surface area (Å²) < 4.78 is 40.9. The standard InChI is InChI=1S/C14H22FNO3S/c1-3-12(16)9-11-5-6-14(13(15)10-11)19-7-4-8-20(2,17)18/h5-6,10,12H,3-4,7-9,16H2,1-2H3. The molecule has 1 rings (SSSR count). The third-order valence-corrected chi connectivity index (χ3v) is 3.97. The molecule has 0 fully saturated rings. The molecule has 0 spiro atoms. The molecule has 0 aromatic heterocycles. The van der Waals surface area contributed by atoms with E-state index in [9.17, 15) is 12.8 Å². The molecule has 0 aliphatic heterocycles. The van der Waals surface area contributed by atoms with Crippen molar-refractivity contribution >= 4 is 9.84 Å². The fraction of sp³-hybridized carbons (Fsp3) is 0.571. The molecule has 114 valence electrons. The third kappa shape index (κ3) is 6.34. The second-order valence-electron chi connectivity index (χ2n) is 4.97. The van der Waals surface area contributed by atoms with Crippen LogP contribution in [0, 0.1) is 5.82 Å². The minimum atomic E-state index is -3.00. The fourth-order valence-corrected chi connectivity index (χ4v) is 2.38. The van der Waals surface area contributed by atoms with Crippen LogP contribution in [0.25, 0.3) is 0 Å². The van der Waals surface area contributed by atoms with Gasteiger partial charge in [0.1, 0.15) is 9.84 Å². The number of benzene rings is 1. The average Bonchev–Trinajstić information content (AvgIpc) is 2.35. The fourth-order valence-electron chi connectivity index (χ4n) is 1.74. The molecule has 1 unspecified atom stereocenters. The zero-order chi connectivity index (χ0) is 15.2. The Balaban J connectivity index is 2.51. The normalized spacial score (nSPS) is 13.2. The maximum atomic E-state index is 13.8. The topological polar surface area (TPSA) is 69.4 Å². The van der Waals surface area contributed by atoms with Gasteiger partial charge in [-0.15, -0.1) is 0 Å². The first kappa shape index (κ1) is 16.9. The van der Waals surface area contributed by atoms with E-state index in [1.165, 1.54) is 12.3 Å². The second-order valence-corrected chi connectivity index (χ2v) is 7.23. The molecule has 2 N–H and O–H groups in total. The molecule has 6 heteroatoms. The summed E-state index contributed by atoms with van der Waals surface area (Å²) in [6, 6.07) is 4.79. The van der Waals surface area contributed by atoms with Gasteiger partial charge in [-0.05, 0) is 37.0 Å². The molecule has 0 saturated heterocycles. The number of rotatable bonds is 8. The minimum Gasteiger partial charge on any atom is -0.490 e. The average molecular weight is 303 g/mol. The van der Waals surface area contributed by atoms with Crippen molar-refractivity contribution in [2.75, 3.05) is 18.6 Å². The Labute approximate surface area is 120 Å². The van der Waals surface area contributed by atoms with Crippen molar-refractivity contribution < 1.29 is 17.5 Å². The van der Waals surface area contributed by atoms with Gasteiger partial charge < -0.3 is 10.5 Å². The van der Waals surface area contributed by atoms with Crippen LogP contribution in [0.4, 0.5) is 4.39 Å². The molecular weight excluding hydrogens is 281 g/mol. The predicted molar refractivity (Wildman–Crippen MR) is 78.2 cm³/mol. The molecule has 1 aromatic rings. The Morgan fingerprint density at radius 1 is 1.40 bits per heavy atom. The van der Waals surface area contributed by atoms with Crippen molar-refractivity contribution in [2.45, 2.75) is 32.2 Å². The van der Waals surface area contributed by atoms with E-state index >= 15 is 0 Å². The van der Waals surface area contributed by atoms with Gasteiger partial charge in [0.25, 0.3) is 0 Å². The first-order chi connectivity index (χ1) is 9.31. The SMILES string of the molecule is CCC(N)Cc1ccc(OCCCS(C)(=O)=O)c(F)c1. The lowest BCUT2D eigenvalue weighted by Crippen LogP contribution is -2.21. The Morgan fingerprint density at radius 3 is 2.65 bits per heavy atom. The molecule has 20 heavy (non-hydrogen) atoms. The lowest BCUT2D eigenvalue weighted by molar-refractivity contribution is 0.301. The van der Waals surface area contributed by atoms with E-state index in [1.54, 1.807) is 12.1 Å². The van der Waals surface area contributed by atoms with E-state index in [1.807, 2.05) is 6.92 Å². The van der Waals surface area contributed by atoms with Crippen molar-refractivity contribution in [3.63, 3.8) is 0 Å². The maximum Gasteiger partial charge on any atom is 0.165 e. The van der Waals surface area contributed by atoms with E-state index in [2.05, 4.69) is 0 Å². The van der Waals surface area contributed by atoms with E-state index < -0.39 is 15.7 Å². The van der Waals surface area contributed by atoms with E-state index in [4.69, 9.17) is 10.5 Å². The molecular formula is C14H22FNO3S. The lowest BCUT2D eigenvalue weighted by Gasteiger charge is -2.11. The van der Waals surface area contributed by atoms with Crippen LogP contribution in [0.2, 0.25) is 0 Å². The highest BCUT2D eigenvalue weighted by Gasteiger charge is 2.08. The van der Waals surface area contributed by atoms with Crippen molar-refractivity contribution in [2.24, 2.45) is 5.73 Å². The van der Waals surface area contributed by atoms with E-state index in [-0.39, 0.29) is 24.2 Å². The summed E-state index contributed by atoms with van der Waals surface area (Å²) in [6.07, 6.45) is 2.98. The van der Waals surface area contributed by atoms with Gasteiger partial charge in [0.05, 0.1) is 12.4 Å². The summed E-state index contributed by atoms with van der Waals surface area (Å²) in [6.45, 7) is 2.16. The highest BCUT2D eigenvalue weighted by Crippen LogP contribution is 2.19. The molecule has 0 saturated carbocycles. The molecule has 0 radical (unpaired) electrons. The van der Waals surface area contributed by atoms with E-state index in [0.717, 1.165) is 12.0 Å². The summed E-state index contributed by atoms with van der Waals surface area (Å²) in [4.78, 5) is 0. The van der Waals surface area contributed by atoms with Crippen LogP contribution < -0.4 is 10.5 Å². The van der Waals surface area contributed by atoms with Crippen molar-refractivity contribution in [1.29, 1.82) is 0 Å². The molecule has 0 aliphatic carbocycles. The van der Waals surface area contributed by atoms with Gasteiger partial charge in [-0.25, -0.2) is 12.8 Å². The predicted octanol–water partition coefficient (Wildman–Crippen LogP) is 1.92. The molecule has 0 aliphatic rings. The molecule has 0 bridgehead atoms. The Bertz CT molecular complexity index is 531. The Hall–Kier alpha value is -1.14.